The number of nitrogens with one attached hydrogen (secondary N) is 2. The highest BCUT2D eigenvalue weighted by Gasteiger charge is 2.10. The van der Waals surface area contributed by atoms with Crippen molar-refractivity contribution < 1.29 is 0 Å². The summed E-state index contributed by atoms with van der Waals surface area (Å²) in [5.41, 5.74) is 6.10. The molecule has 29 heavy (non-hydrogen) atoms. The molecule has 0 atom stereocenters. The first kappa shape index (κ1) is 23.5. The second-order valence-corrected chi connectivity index (χ2v) is 7.84. The van der Waals surface area contributed by atoms with E-state index in [1.807, 2.05) is 43.3 Å². The fourth-order valence-corrected chi connectivity index (χ4v) is 3.29. The first-order valence-electron chi connectivity index (χ1n) is 9.32. The number of hydrogen-bond acceptors (Lipinski definition) is 5. The van der Waals surface area contributed by atoms with Gasteiger partial charge in [-0.1, -0.05) is 46.5 Å². The average molecular weight is 455 g/mol. The Hall–Kier alpha value is -1.79. The minimum atomic E-state index is 0.554. The van der Waals surface area contributed by atoms with Crippen LogP contribution in [-0.2, 0) is 0 Å². The molecule has 8 heteroatoms. The van der Waals surface area contributed by atoms with Gasteiger partial charge in [-0.15, -0.1) is 6.58 Å². The Balaban J connectivity index is 2.08. The first-order chi connectivity index (χ1) is 13.8. The van der Waals surface area contributed by atoms with E-state index in [2.05, 4.69) is 34.2 Å². The average Bonchev–Trinajstić information content (AvgIpc) is 2.65. The molecular weight excluding hydrogens is 429 g/mol. The molecule has 0 aliphatic heterocycles. The van der Waals surface area contributed by atoms with E-state index in [0.717, 1.165) is 36.3 Å². The topological polar surface area (TPSA) is 53.1 Å². The summed E-state index contributed by atoms with van der Waals surface area (Å²) in [5.74, 6) is 1.35. The summed E-state index contributed by atoms with van der Waals surface area (Å²) in [6.07, 6.45) is 5.52. The largest absolute Gasteiger partial charge is 0.368 e. The van der Waals surface area contributed by atoms with E-state index in [-0.39, 0.29) is 0 Å². The van der Waals surface area contributed by atoms with Gasteiger partial charge in [0.2, 0.25) is 0 Å². The fraction of sp³-hybridized carbons (Fsp3) is 0.333. The second-order valence-electron chi connectivity index (χ2n) is 6.62. The van der Waals surface area contributed by atoms with Crippen LogP contribution in [0.15, 0.2) is 42.6 Å². The molecule has 0 aliphatic carbocycles. The fourth-order valence-electron chi connectivity index (χ4n) is 2.64. The van der Waals surface area contributed by atoms with Gasteiger partial charge >= 0.3 is 0 Å². The molecule has 2 aromatic rings. The van der Waals surface area contributed by atoms with Crippen molar-refractivity contribution in [2.45, 2.75) is 33.6 Å². The van der Waals surface area contributed by atoms with Crippen LogP contribution >= 0.6 is 34.8 Å². The monoisotopic (exact) mass is 453 g/mol. The SMILES string of the molecule is C=CCCNN(/C=C(\C)CCNc1nc(C)nc(C)c1Cl)c1ccc(Cl)cc1Cl. The van der Waals surface area contributed by atoms with Crippen molar-refractivity contribution in [1.82, 2.24) is 15.4 Å². The van der Waals surface area contributed by atoms with E-state index < -0.39 is 0 Å². The molecule has 0 bridgehead atoms. The van der Waals surface area contributed by atoms with Crippen LogP contribution in [0.4, 0.5) is 11.5 Å². The van der Waals surface area contributed by atoms with Crippen molar-refractivity contribution in [1.29, 1.82) is 0 Å². The maximum Gasteiger partial charge on any atom is 0.148 e. The zero-order chi connectivity index (χ0) is 21.4. The summed E-state index contributed by atoms with van der Waals surface area (Å²) in [6, 6.07) is 5.43. The maximum absolute atomic E-state index is 6.40. The number of aromatic nitrogens is 2. The van der Waals surface area contributed by atoms with E-state index >= 15 is 0 Å². The van der Waals surface area contributed by atoms with Gasteiger partial charge in [0.05, 0.1) is 16.4 Å². The van der Waals surface area contributed by atoms with Crippen LogP contribution in [0.5, 0.6) is 0 Å². The van der Waals surface area contributed by atoms with Crippen molar-refractivity contribution in [3.8, 4) is 0 Å². The van der Waals surface area contributed by atoms with E-state index in [0.29, 0.717) is 33.3 Å². The third-order valence-corrected chi connectivity index (χ3v) is 5.08. The Labute approximate surface area is 187 Å². The lowest BCUT2D eigenvalue weighted by atomic mass is 10.2. The Kier molecular flexibility index (Phi) is 9.24. The van der Waals surface area contributed by atoms with Crippen molar-refractivity contribution in [3.05, 3.63) is 69.2 Å². The molecule has 0 amide bonds. The van der Waals surface area contributed by atoms with E-state index in [9.17, 15) is 0 Å². The third kappa shape index (κ3) is 7.19. The molecule has 0 aliphatic rings. The van der Waals surface area contributed by atoms with Crippen LogP contribution in [0.25, 0.3) is 0 Å². The lowest BCUT2D eigenvalue weighted by Crippen LogP contribution is -2.34. The van der Waals surface area contributed by atoms with Gasteiger partial charge in [-0.3, -0.25) is 5.01 Å². The number of benzene rings is 1. The van der Waals surface area contributed by atoms with E-state index in [1.165, 1.54) is 0 Å². The van der Waals surface area contributed by atoms with E-state index in [1.54, 1.807) is 6.07 Å². The molecule has 0 fully saturated rings. The van der Waals surface area contributed by atoms with Crippen LogP contribution in [0.3, 0.4) is 0 Å². The second kappa shape index (κ2) is 11.4. The molecule has 2 N–H and O–H groups in total. The summed E-state index contributed by atoms with van der Waals surface area (Å²) >= 11 is 18.7. The predicted molar refractivity (Wildman–Crippen MR) is 125 cm³/mol. The minimum absolute atomic E-state index is 0.554. The number of anilines is 2. The molecule has 0 saturated heterocycles. The Morgan fingerprint density at radius 1 is 1.17 bits per heavy atom. The number of halogens is 3. The smallest absolute Gasteiger partial charge is 0.148 e. The summed E-state index contributed by atoms with van der Waals surface area (Å²) in [7, 11) is 0. The van der Waals surface area contributed by atoms with Gasteiger partial charge in [0.15, 0.2) is 0 Å². The summed E-state index contributed by atoms with van der Waals surface area (Å²) in [6.45, 7) is 11.0. The molecular formula is C21H26Cl3N5. The molecule has 0 saturated carbocycles. The zero-order valence-corrected chi connectivity index (χ0v) is 19.2. The molecule has 0 spiro atoms. The van der Waals surface area contributed by atoms with Crippen LogP contribution in [-0.4, -0.2) is 23.1 Å². The molecule has 2 rings (SSSR count). The van der Waals surface area contributed by atoms with Crippen LogP contribution < -0.4 is 15.8 Å². The number of hydrazine groups is 1. The van der Waals surface area contributed by atoms with Gasteiger partial charge in [-0.2, -0.15) is 0 Å². The number of aryl methyl sites for hydroxylation is 2. The van der Waals surface area contributed by atoms with Crippen molar-refractivity contribution >= 4 is 46.3 Å². The molecule has 5 nitrogen and oxygen atoms in total. The van der Waals surface area contributed by atoms with Gasteiger partial charge in [0, 0.05) is 24.3 Å². The van der Waals surface area contributed by atoms with Gasteiger partial charge in [-0.05, 0) is 51.8 Å². The third-order valence-electron chi connectivity index (χ3n) is 4.09. The van der Waals surface area contributed by atoms with Crippen molar-refractivity contribution in [3.63, 3.8) is 0 Å². The quantitative estimate of drug-likeness (QED) is 0.249. The predicted octanol–water partition coefficient (Wildman–Crippen LogP) is 6.35. The molecule has 0 unspecified atom stereocenters. The molecule has 1 aromatic carbocycles. The standard InChI is InChI=1S/C21H26Cl3N5/c1-5-6-10-26-29(19-8-7-17(22)12-18(19)23)13-14(2)9-11-25-21-20(24)15(3)27-16(4)28-21/h5,7-8,12-13,26H,1,6,9-11H2,2-4H3,(H,25,27,28)/b14-13+. The molecule has 1 aromatic heterocycles. The number of hydrogen-bond donors (Lipinski definition) is 2. The molecule has 156 valence electrons. The highest BCUT2D eigenvalue weighted by molar-refractivity contribution is 6.36. The highest BCUT2D eigenvalue weighted by Crippen LogP contribution is 2.29. The summed E-state index contributed by atoms with van der Waals surface area (Å²) < 4.78 is 0. The van der Waals surface area contributed by atoms with Crippen LogP contribution in [0.2, 0.25) is 15.1 Å². The van der Waals surface area contributed by atoms with Gasteiger partial charge in [-0.25, -0.2) is 15.4 Å². The Bertz CT molecular complexity index is 883. The Morgan fingerprint density at radius 3 is 2.62 bits per heavy atom. The minimum Gasteiger partial charge on any atom is -0.368 e. The normalized spacial score (nSPS) is 11.4. The van der Waals surface area contributed by atoms with Crippen LogP contribution in [0.1, 0.15) is 31.3 Å². The van der Waals surface area contributed by atoms with Crippen LogP contribution in [0, 0.1) is 13.8 Å². The molecule has 0 radical (unpaired) electrons. The Morgan fingerprint density at radius 2 is 1.93 bits per heavy atom. The lowest BCUT2D eigenvalue weighted by Gasteiger charge is -2.24. The number of nitrogens with zero attached hydrogens (tertiary/aromatic N) is 3. The number of rotatable bonds is 10. The summed E-state index contributed by atoms with van der Waals surface area (Å²) in [5, 5.41) is 6.94. The first-order valence-corrected chi connectivity index (χ1v) is 10.5. The van der Waals surface area contributed by atoms with Crippen molar-refractivity contribution in [2.75, 3.05) is 23.4 Å². The summed E-state index contributed by atoms with van der Waals surface area (Å²) in [4.78, 5) is 8.63. The van der Waals surface area contributed by atoms with Gasteiger partial charge in [0.25, 0.3) is 0 Å². The van der Waals surface area contributed by atoms with E-state index in [4.69, 9.17) is 34.8 Å². The lowest BCUT2D eigenvalue weighted by molar-refractivity contribution is 0.699. The van der Waals surface area contributed by atoms with Crippen molar-refractivity contribution in [2.24, 2.45) is 0 Å². The highest BCUT2D eigenvalue weighted by atomic mass is 35.5. The molecule has 1 heterocycles. The zero-order valence-electron chi connectivity index (χ0n) is 16.9. The van der Waals surface area contributed by atoms with Gasteiger partial charge in [0.1, 0.15) is 16.7 Å². The maximum atomic E-state index is 6.40. The van der Waals surface area contributed by atoms with Gasteiger partial charge < -0.3 is 5.32 Å².